The van der Waals surface area contributed by atoms with Crippen LogP contribution >= 0.6 is 15.9 Å². The molecule has 0 saturated heterocycles. The van der Waals surface area contributed by atoms with Gasteiger partial charge in [-0.1, -0.05) is 22.0 Å². The van der Waals surface area contributed by atoms with Crippen molar-refractivity contribution in [3.8, 4) is 0 Å². The quantitative estimate of drug-likeness (QED) is 0.792. The fourth-order valence-electron chi connectivity index (χ4n) is 1.62. The molecular formula is C15H23BrN2O2. The Kier molecular flexibility index (Phi) is 6.33. The average Bonchev–Trinajstić information content (AvgIpc) is 2.31. The molecule has 112 valence electrons. The molecule has 0 saturated carbocycles. The summed E-state index contributed by atoms with van der Waals surface area (Å²) in [6.45, 7) is 9.01. The summed E-state index contributed by atoms with van der Waals surface area (Å²) < 4.78 is 6.25. The normalized spacial score (nSPS) is 11.1. The predicted molar refractivity (Wildman–Crippen MR) is 86.2 cm³/mol. The molecule has 0 unspecified atom stereocenters. The Bertz CT molecular complexity index is 456. The highest BCUT2D eigenvalue weighted by atomic mass is 79.9. The Balaban J connectivity index is 2.23. The molecular weight excluding hydrogens is 320 g/mol. The van der Waals surface area contributed by atoms with E-state index in [1.54, 1.807) is 0 Å². The van der Waals surface area contributed by atoms with Gasteiger partial charge in [0.05, 0.1) is 0 Å². The smallest absolute Gasteiger partial charge is 0.407 e. The van der Waals surface area contributed by atoms with Gasteiger partial charge in [-0.15, -0.1) is 0 Å². The second-order valence-electron chi connectivity index (χ2n) is 5.62. The molecule has 0 bridgehead atoms. The van der Waals surface area contributed by atoms with Crippen molar-refractivity contribution >= 4 is 27.7 Å². The van der Waals surface area contributed by atoms with Crippen molar-refractivity contribution in [2.24, 2.45) is 0 Å². The van der Waals surface area contributed by atoms with Gasteiger partial charge in [-0.25, -0.2) is 4.79 Å². The summed E-state index contributed by atoms with van der Waals surface area (Å²) in [6.07, 6.45) is 0.474. The summed E-state index contributed by atoms with van der Waals surface area (Å²) in [4.78, 5) is 11.4. The Morgan fingerprint density at radius 2 is 2.00 bits per heavy atom. The number of carbonyl (C=O) groups is 1. The van der Waals surface area contributed by atoms with E-state index in [2.05, 4.69) is 33.5 Å². The van der Waals surface area contributed by atoms with Gasteiger partial charge in [0.1, 0.15) is 5.60 Å². The number of nitrogens with one attached hydrogen (secondary N) is 2. The third-order valence-electron chi connectivity index (χ3n) is 2.60. The largest absolute Gasteiger partial charge is 0.444 e. The Morgan fingerprint density at radius 1 is 1.30 bits per heavy atom. The van der Waals surface area contributed by atoms with Crippen LogP contribution in [0.1, 0.15) is 32.8 Å². The zero-order valence-corrected chi connectivity index (χ0v) is 14.1. The Morgan fingerprint density at radius 3 is 2.65 bits per heavy atom. The number of rotatable bonds is 5. The number of carbonyl (C=O) groups excluding carboxylic acids is 1. The van der Waals surface area contributed by atoms with Crippen LogP contribution < -0.4 is 10.6 Å². The number of ether oxygens (including phenoxy) is 1. The number of amides is 1. The van der Waals surface area contributed by atoms with Crippen molar-refractivity contribution in [1.82, 2.24) is 5.32 Å². The number of hydrogen-bond acceptors (Lipinski definition) is 3. The van der Waals surface area contributed by atoms with Crippen molar-refractivity contribution in [2.75, 3.05) is 18.4 Å². The molecule has 1 rings (SSSR count). The molecule has 0 aliphatic rings. The molecule has 0 fully saturated rings. The minimum absolute atomic E-state index is 0.365. The maximum absolute atomic E-state index is 11.4. The van der Waals surface area contributed by atoms with E-state index >= 15 is 0 Å². The lowest BCUT2D eigenvalue weighted by Crippen LogP contribution is -2.33. The van der Waals surface area contributed by atoms with E-state index in [1.807, 2.05) is 39.0 Å². The predicted octanol–water partition coefficient (Wildman–Crippen LogP) is 4.08. The lowest BCUT2D eigenvalue weighted by atomic mass is 10.2. The standard InChI is InChI=1S/C15H23BrN2O2/c1-11-12(16)7-5-8-13(11)17-9-6-10-18-14(19)20-15(2,3)4/h5,7-8,17H,6,9-10H2,1-4H3,(H,18,19). The van der Waals surface area contributed by atoms with Crippen LogP contribution in [0.2, 0.25) is 0 Å². The molecule has 0 aliphatic carbocycles. The first-order valence-corrected chi connectivity index (χ1v) is 7.55. The second kappa shape index (κ2) is 7.53. The van der Waals surface area contributed by atoms with Crippen LogP contribution in [-0.4, -0.2) is 24.8 Å². The van der Waals surface area contributed by atoms with Crippen molar-refractivity contribution in [2.45, 2.75) is 39.7 Å². The van der Waals surface area contributed by atoms with E-state index in [4.69, 9.17) is 4.74 Å². The van der Waals surface area contributed by atoms with E-state index in [0.29, 0.717) is 6.54 Å². The van der Waals surface area contributed by atoms with Gasteiger partial charge in [0, 0.05) is 23.2 Å². The lowest BCUT2D eigenvalue weighted by molar-refractivity contribution is 0.0528. The third-order valence-corrected chi connectivity index (χ3v) is 3.46. The van der Waals surface area contributed by atoms with Gasteiger partial charge in [-0.2, -0.15) is 0 Å². The maximum atomic E-state index is 11.4. The second-order valence-corrected chi connectivity index (χ2v) is 6.48. The van der Waals surface area contributed by atoms with E-state index in [1.165, 1.54) is 5.56 Å². The summed E-state index contributed by atoms with van der Waals surface area (Å²) in [5.74, 6) is 0. The van der Waals surface area contributed by atoms with Crippen LogP contribution in [-0.2, 0) is 4.74 Å². The van der Waals surface area contributed by atoms with Gasteiger partial charge in [0.25, 0.3) is 0 Å². The highest BCUT2D eigenvalue weighted by Crippen LogP contribution is 2.23. The number of anilines is 1. The van der Waals surface area contributed by atoms with Crippen LogP contribution in [0.3, 0.4) is 0 Å². The molecule has 20 heavy (non-hydrogen) atoms. The van der Waals surface area contributed by atoms with Gasteiger partial charge in [-0.3, -0.25) is 0 Å². The lowest BCUT2D eigenvalue weighted by Gasteiger charge is -2.19. The first-order valence-electron chi connectivity index (χ1n) is 6.75. The summed E-state index contributed by atoms with van der Waals surface area (Å²) in [7, 11) is 0. The molecule has 1 amide bonds. The number of alkyl carbamates (subject to hydrolysis) is 1. The van der Waals surface area contributed by atoms with E-state index < -0.39 is 5.60 Å². The zero-order valence-electron chi connectivity index (χ0n) is 12.5. The van der Waals surface area contributed by atoms with Gasteiger partial charge in [0.2, 0.25) is 0 Å². The number of benzene rings is 1. The third kappa shape index (κ3) is 6.28. The SMILES string of the molecule is Cc1c(Br)cccc1NCCCNC(=O)OC(C)(C)C. The zero-order chi connectivity index (χ0) is 15.2. The molecule has 4 nitrogen and oxygen atoms in total. The minimum Gasteiger partial charge on any atom is -0.444 e. The molecule has 1 aromatic carbocycles. The Hall–Kier alpha value is -1.23. The first-order chi connectivity index (χ1) is 9.29. The topological polar surface area (TPSA) is 50.4 Å². The van der Waals surface area contributed by atoms with Crippen LogP contribution in [0.5, 0.6) is 0 Å². The molecule has 0 spiro atoms. The van der Waals surface area contributed by atoms with E-state index in [-0.39, 0.29) is 6.09 Å². The van der Waals surface area contributed by atoms with Gasteiger partial charge in [-0.05, 0) is 51.8 Å². The first kappa shape index (κ1) is 16.8. The molecule has 1 aromatic rings. The highest BCUT2D eigenvalue weighted by Gasteiger charge is 2.15. The van der Waals surface area contributed by atoms with Crippen LogP contribution in [0, 0.1) is 6.92 Å². The summed E-state index contributed by atoms with van der Waals surface area (Å²) >= 11 is 3.50. The number of hydrogen-bond donors (Lipinski definition) is 2. The van der Waals surface area contributed by atoms with Crippen LogP contribution in [0.4, 0.5) is 10.5 Å². The average molecular weight is 343 g/mol. The summed E-state index contributed by atoms with van der Waals surface area (Å²) in [5, 5.41) is 6.09. The summed E-state index contributed by atoms with van der Waals surface area (Å²) in [6, 6.07) is 6.06. The van der Waals surface area contributed by atoms with Crippen molar-refractivity contribution < 1.29 is 9.53 Å². The molecule has 0 heterocycles. The molecule has 5 heteroatoms. The molecule has 0 radical (unpaired) electrons. The van der Waals surface area contributed by atoms with Crippen LogP contribution in [0.15, 0.2) is 22.7 Å². The Labute approximate surface area is 129 Å². The number of halogens is 1. The van der Waals surface area contributed by atoms with Gasteiger partial charge in [0.15, 0.2) is 0 Å². The van der Waals surface area contributed by atoms with Crippen molar-refractivity contribution in [3.05, 3.63) is 28.2 Å². The minimum atomic E-state index is -0.449. The molecule has 0 atom stereocenters. The van der Waals surface area contributed by atoms with Gasteiger partial charge >= 0.3 is 6.09 Å². The summed E-state index contributed by atoms with van der Waals surface area (Å²) in [5.41, 5.74) is 1.85. The van der Waals surface area contributed by atoms with Crippen molar-refractivity contribution in [3.63, 3.8) is 0 Å². The van der Waals surface area contributed by atoms with E-state index in [9.17, 15) is 4.79 Å². The molecule has 2 N–H and O–H groups in total. The fraction of sp³-hybridized carbons (Fsp3) is 0.533. The maximum Gasteiger partial charge on any atom is 0.407 e. The van der Waals surface area contributed by atoms with Gasteiger partial charge < -0.3 is 15.4 Å². The molecule has 0 aliphatic heterocycles. The monoisotopic (exact) mass is 342 g/mol. The van der Waals surface area contributed by atoms with Crippen molar-refractivity contribution in [1.29, 1.82) is 0 Å². The highest BCUT2D eigenvalue weighted by molar-refractivity contribution is 9.10. The fourth-order valence-corrected chi connectivity index (χ4v) is 1.98. The molecule has 0 aromatic heterocycles. The van der Waals surface area contributed by atoms with Crippen LogP contribution in [0.25, 0.3) is 0 Å². The van der Waals surface area contributed by atoms with E-state index in [0.717, 1.165) is 23.1 Å².